The van der Waals surface area contributed by atoms with E-state index in [1.165, 1.54) is 12.8 Å². The van der Waals surface area contributed by atoms with E-state index in [-0.39, 0.29) is 6.23 Å². The fourth-order valence-corrected chi connectivity index (χ4v) is 1.09. The van der Waals surface area contributed by atoms with E-state index in [0.717, 1.165) is 19.4 Å². The second kappa shape index (κ2) is 3.82. The topological polar surface area (TPSA) is 41.5 Å². The first-order valence-corrected chi connectivity index (χ1v) is 3.47. The molecule has 0 spiro atoms. The summed E-state index contributed by atoms with van der Waals surface area (Å²) in [5.74, 6) is 0. The Morgan fingerprint density at radius 1 is 1.33 bits per heavy atom. The van der Waals surface area contributed by atoms with Crippen LogP contribution < -0.4 is 5.32 Å². The first-order chi connectivity index (χ1) is 4.43. The lowest BCUT2D eigenvalue weighted by Gasteiger charge is -2.09. The fourth-order valence-electron chi connectivity index (χ4n) is 1.09. The van der Waals surface area contributed by atoms with Crippen molar-refractivity contribution in [2.24, 2.45) is 0 Å². The van der Waals surface area contributed by atoms with Crippen molar-refractivity contribution >= 4 is 0 Å². The van der Waals surface area contributed by atoms with Gasteiger partial charge in [-0.05, 0) is 25.8 Å². The van der Waals surface area contributed by atoms with Crippen LogP contribution in [0.4, 0.5) is 0 Å². The predicted molar refractivity (Wildman–Crippen MR) is 34.0 cm³/mol. The maximum atomic E-state index is 8.25. The van der Waals surface area contributed by atoms with E-state index in [9.17, 15) is 0 Å². The zero-order valence-corrected chi connectivity index (χ0v) is 5.47. The van der Waals surface area contributed by atoms with E-state index in [0.29, 0.717) is 0 Å². The summed E-state index contributed by atoms with van der Waals surface area (Å²) in [6.07, 6.45) is 4.40. The molecule has 3 heteroatoms. The average Bonchev–Trinajstić information content (AvgIpc) is 2.13. The third-order valence-electron chi connectivity index (χ3n) is 1.64. The van der Waals surface area contributed by atoms with Gasteiger partial charge < -0.3 is 0 Å². The fraction of sp³-hybridized carbons (Fsp3) is 1.00. The van der Waals surface area contributed by atoms with Gasteiger partial charge in [-0.1, -0.05) is 6.42 Å². The predicted octanol–water partition coefficient (Wildman–Crippen LogP) is 0.966. The van der Waals surface area contributed by atoms with Crippen LogP contribution in [0.15, 0.2) is 0 Å². The Morgan fingerprint density at radius 2 is 2.22 bits per heavy atom. The highest BCUT2D eigenvalue weighted by Crippen LogP contribution is 2.07. The van der Waals surface area contributed by atoms with Crippen LogP contribution in [0.1, 0.15) is 25.7 Å². The zero-order chi connectivity index (χ0) is 6.53. The summed E-state index contributed by atoms with van der Waals surface area (Å²) in [6.45, 7) is 0.964. The summed E-state index contributed by atoms with van der Waals surface area (Å²) in [4.78, 5) is 4.16. The highest BCUT2D eigenvalue weighted by atomic mass is 17.1. The summed E-state index contributed by atoms with van der Waals surface area (Å²) >= 11 is 0. The molecular weight excluding hydrogens is 118 g/mol. The van der Waals surface area contributed by atoms with Crippen molar-refractivity contribution in [2.75, 3.05) is 6.54 Å². The van der Waals surface area contributed by atoms with Gasteiger partial charge in [-0.25, -0.2) is 4.89 Å². The van der Waals surface area contributed by atoms with Gasteiger partial charge >= 0.3 is 0 Å². The maximum absolute atomic E-state index is 8.25. The third kappa shape index (κ3) is 2.30. The molecule has 0 saturated carbocycles. The number of hydrogen-bond donors (Lipinski definition) is 2. The lowest BCUT2D eigenvalue weighted by atomic mass is 10.2. The van der Waals surface area contributed by atoms with Gasteiger partial charge in [-0.15, -0.1) is 0 Å². The first kappa shape index (κ1) is 6.99. The van der Waals surface area contributed by atoms with E-state index >= 15 is 0 Å². The van der Waals surface area contributed by atoms with Gasteiger partial charge in [0, 0.05) is 0 Å². The minimum absolute atomic E-state index is 0.118. The lowest BCUT2D eigenvalue weighted by Crippen LogP contribution is -2.29. The van der Waals surface area contributed by atoms with Crippen LogP contribution in [0, 0.1) is 0 Å². The van der Waals surface area contributed by atoms with E-state index in [1.807, 2.05) is 0 Å². The highest BCUT2D eigenvalue weighted by Gasteiger charge is 2.09. The van der Waals surface area contributed by atoms with Crippen molar-refractivity contribution in [3.05, 3.63) is 0 Å². The molecule has 1 fully saturated rings. The molecular formula is C6H13NO2. The van der Waals surface area contributed by atoms with Crippen molar-refractivity contribution in [2.45, 2.75) is 31.9 Å². The molecule has 9 heavy (non-hydrogen) atoms. The molecule has 1 aliphatic heterocycles. The summed E-state index contributed by atoms with van der Waals surface area (Å²) in [5, 5.41) is 11.3. The molecule has 0 aliphatic carbocycles. The number of hydrogen-bond acceptors (Lipinski definition) is 3. The van der Waals surface area contributed by atoms with E-state index in [4.69, 9.17) is 5.26 Å². The Labute approximate surface area is 54.9 Å². The Morgan fingerprint density at radius 3 is 3.00 bits per heavy atom. The molecule has 0 bridgehead atoms. The SMILES string of the molecule is OOC1CCCCCN1. The first-order valence-electron chi connectivity index (χ1n) is 3.47. The van der Waals surface area contributed by atoms with Crippen LogP contribution in [0.5, 0.6) is 0 Å². The molecule has 0 aromatic rings. The maximum Gasteiger partial charge on any atom is 0.143 e. The molecule has 3 nitrogen and oxygen atoms in total. The Hall–Kier alpha value is -0.120. The second-order valence-electron chi connectivity index (χ2n) is 2.40. The molecule has 54 valence electrons. The summed E-state index contributed by atoms with van der Waals surface area (Å²) in [7, 11) is 0. The number of rotatable bonds is 1. The van der Waals surface area contributed by atoms with Crippen molar-refractivity contribution in [3.8, 4) is 0 Å². The van der Waals surface area contributed by atoms with Crippen molar-refractivity contribution in [3.63, 3.8) is 0 Å². The van der Waals surface area contributed by atoms with Gasteiger partial charge in [0.25, 0.3) is 0 Å². The largest absolute Gasteiger partial charge is 0.289 e. The van der Waals surface area contributed by atoms with Crippen molar-refractivity contribution in [1.82, 2.24) is 5.32 Å². The molecule has 1 rings (SSSR count). The van der Waals surface area contributed by atoms with Crippen LogP contribution in [-0.4, -0.2) is 18.0 Å². The Bertz CT molecular complexity index is 69.5. The molecule has 1 aliphatic rings. The normalized spacial score (nSPS) is 29.7. The molecule has 0 aromatic carbocycles. The molecule has 1 saturated heterocycles. The third-order valence-corrected chi connectivity index (χ3v) is 1.64. The van der Waals surface area contributed by atoms with Gasteiger partial charge in [-0.2, -0.15) is 0 Å². The number of nitrogens with one attached hydrogen (secondary N) is 1. The summed E-state index contributed by atoms with van der Waals surface area (Å²) in [6, 6.07) is 0. The van der Waals surface area contributed by atoms with Crippen LogP contribution in [-0.2, 0) is 4.89 Å². The standard InChI is InChI=1S/C6H13NO2/c8-9-6-4-2-1-3-5-7-6/h6-8H,1-5H2. The van der Waals surface area contributed by atoms with Gasteiger partial charge in [0.05, 0.1) is 0 Å². The van der Waals surface area contributed by atoms with Gasteiger partial charge in [0.1, 0.15) is 6.23 Å². The van der Waals surface area contributed by atoms with Crippen LogP contribution in [0.25, 0.3) is 0 Å². The molecule has 0 aromatic heterocycles. The molecule has 0 radical (unpaired) electrons. The summed E-state index contributed by atoms with van der Waals surface area (Å²) < 4.78 is 0. The zero-order valence-electron chi connectivity index (χ0n) is 5.47. The minimum Gasteiger partial charge on any atom is -0.289 e. The van der Waals surface area contributed by atoms with Crippen LogP contribution in [0.3, 0.4) is 0 Å². The molecule has 1 unspecified atom stereocenters. The van der Waals surface area contributed by atoms with Crippen LogP contribution >= 0.6 is 0 Å². The molecule has 2 N–H and O–H groups in total. The lowest BCUT2D eigenvalue weighted by molar-refractivity contribution is -0.286. The van der Waals surface area contributed by atoms with Crippen LogP contribution in [0.2, 0.25) is 0 Å². The van der Waals surface area contributed by atoms with Gasteiger partial charge in [0.15, 0.2) is 0 Å². The van der Waals surface area contributed by atoms with Gasteiger partial charge in [0.2, 0.25) is 0 Å². The van der Waals surface area contributed by atoms with Crippen molar-refractivity contribution < 1.29 is 10.1 Å². The molecule has 1 atom stereocenters. The van der Waals surface area contributed by atoms with Crippen molar-refractivity contribution in [1.29, 1.82) is 0 Å². The average molecular weight is 131 g/mol. The van der Waals surface area contributed by atoms with E-state index in [1.54, 1.807) is 0 Å². The monoisotopic (exact) mass is 131 g/mol. The molecule has 0 amide bonds. The quantitative estimate of drug-likeness (QED) is 0.411. The molecule has 1 heterocycles. The summed E-state index contributed by atoms with van der Waals surface area (Å²) in [5.41, 5.74) is 0. The van der Waals surface area contributed by atoms with E-state index in [2.05, 4.69) is 10.2 Å². The highest BCUT2D eigenvalue weighted by molar-refractivity contribution is 4.60. The Kier molecular flexibility index (Phi) is 2.97. The smallest absolute Gasteiger partial charge is 0.143 e. The van der Waals surface area contributed by atoms with E-state index < -0.39 is 0 Å². The minimum atomic E-state index is -0.118. The second-order valence-corrected chi connectivity index (χ2v) is 2.40. The Balaban J connectivity index is 2.18. The van der Waals surface area contributed by atoms with Gasteiger partial charge in [-0.3, -0.25) is 10.6 Å².